The molecule has 0 amide bonds. The van der Waals surface area contributed by atoms with Crippen molar-refractivity contribution >= 4 is 5.57 Å². The topological polar surface area (TPSA) is 33.7 Å². The average Bonchev–Trinajstić information content (AvgIpc) is 2.95. The molecule has 3 aromatic carbocycles. The van der Waals surface area contributed by atoms with Gasteiger partial charge in [0.2, 0.25) is 0 Å². The zero-order chi connectivity index (χ0) is 26.0. The average molecular weight is 507 g/mol. The van der Waals surface area contributed by atoms with Gasteiger partial charge in [0, 0.05) is 37.3 Å². The van der Waals surface area contributed by atoms with Crippen molar-refractivity contribution in [1.82, 2.24) is 10.2 Å². The molecule has 4 nitrogen and oxygen atoms in total. The van der Waals surface area contributed by atoms with Gasteiger partial charge in [-0.05, 0) is 73.2 Å². The van der Waals surface area contributed by atoms with Crippen LogP contribution in [0.4, 0.5) is 8.78 Å². The predicted molar refractivity (Wildman–Crippen MR) is 145 cm³/mol. The van der Waals surface area contributed by atoms with Gasteiger partial charge in [0.15, 0.2) is 0 Å². The van der Waals surface area contributed by atoms with Crippen LogP contribution in [0.2, 0.25) is 0 Å². The van der Waals surface area contributed by atoms with Gasteiger partial charge >= 0.3 is 0 Å². The summed E-state index contributed by atoms with van der Waals surface area (Å²) in [6.07, 6.45) is 5.04. The smallest absolute Gasteiger partial charge is 0.134 e. The van der Waals surface area contributed by atoms with E-state index in [4.69, 9.17) is 9.47 Å². The third-order valence-corrected chi connectivity index (χ3v) is 7.05. The predicted octanol–water partition coefficient (Wildman–Crippen LogP) is 6.42. The molecule has 0 spiro atoms. The molecule has 3 aromatic rings. The van der Waals surface area contributed by atoms with Crippen molar-refractivity contribution in [3.63, 3.8) is 0 Å². The maximum Gasteiger partial charge on any atom is 0.134 e. The summed E-state index contributed by atoms with van der Waals surface area (Å²) in [5.74, 6) is 1.16. The van der Waals surface area contributed by atoms with Crippen molar-refractivity contribution < 1.29 is 18.3 Å². The normalized spacial score (nSPS) is 16.4. The molecule has 0 bridgehead atoms. The van der Waals surface area contributed by atoms with Crippen LogP contribution in [0.1, 0.15) is 41.9 Å². The minimum Gasteiger partial charge on any atom is -0.497 e. The Labute approximate surface area is 218 Å². The summed E-state index contributed by atoms with van der Waals surface area (Å²) in [5, 5.41) is 3.28. The van der Waals surface area contributed by atoms with E-state index in [0.29, 0.717) is 23.0 Å². The van der Waals surface area contributed by atoms with Gasteiger partial charge in [0.25, 0.3) is 0 Å². The molecule has 2 aliphatic rings. The van der Waals surface area contributed by atoms with E-state index in [1.807, 2.05) is 30.3 Å². The van der Waals surface area contributed by atoms with Crippen LogP contribution in [0.3, 0.4) is 0 Å². The summed E-state index contributed by atoms with van der Waals surface area (Å²) in [5.41, 5.74) is 3.93. The number of nitrogens with zero attached hydrogens (tertiary/aromatic N) is 1. The maximum absolute atomic E-state index is 14.1. The van der Waals surface area contributed by atoms with Crippen LogP contribution in [0.5, 0.6) is 11.5 Å². The highest BCUT2D eigenvalue weighted by atomic mass is 19.1. The summed E-state index contributed by atoms with van der Waals surface area (Å²) in [6.45, 7) is 4.71. The largest absolute Gasteiger partial charge is 0.497 e. The van der Waals surface area contributed by atoms with Crippen LogP contribution in [0.15, 0.2) is 72.8 Å². The molecule has 2 aliphatic heterocycles. The lowest BCUT2D eigenvalue weighted by Gasteiger charge is -2.26. The van der Waals surface area contributed by atoms with Crippen LogP contribution < -0.4 is 14.8 Å². The van der Waals surface area contributed by atoms with E-state index in [1.54, 1.807) is 14.2 Å². The van der Waals surface area contributed by atoms with E-state index in [2.05, 4.69) is 40.6 Å². The third kappa shape index (κ3) is 7.40. The van der Waals surface area contributed by atoms with Crippen molar-refractivity contribution in [3.8, 4) is 11.5 Å². The lowest BCUT2D eigenvalue weighted by Crippen LogP contribution is -2.28. The first-order valence-electron chi connectivity index (χ1n) is 12.9. The monoisotopic (exact) mass is 506 g/mol. The van der Waals surface area contributed by atoms with Gasteiger partial charge in [-0.25, -0.2) is 8.78 Å². The van der Waals surface area contributed by atoms with Crippen LogP contribution in [-0.4, -0.2) is 45.3 Å². The first kappa shape index (κ1) is 26.8. The number of piperidine rings is 1. The van der Waals surface area contributed by atoms with E-state index < -0.39 is 0 Å². The van der Waals surface area contributed by atoms with Crippen LogP contribution >= 0.6 is 0 Å². The summed E-state index contributed by atoms with van der Waals surface area (Å²) in [7, 11) is 3.11. The minimum atomic E-state index is -0.206. The van der Waals surface area contributed by atoms with Crippen molar-refractivity contribution in [2.24, 2.45) is 0 Å². The minimum absolute atomic E-state index is 0.138. The molecule has 196 valence electrons. The molecule has 1 fully saturated rings. The standard InChI is InChI=1S/C19H20FNO.C12H16FNO/c1-22-17-7-8-18(19(20)13-17)16-9-11-21(12-10-16)14-15-5-3-2-4-6-15;1-15-10-2-3-11(12(13)8-10)9-4-6-14-7-5-9/h2-9,13H,10-12,14H2,1H3;2-3,8-9,14H,4-7H2,1H3. The van der Waals surface area contributed by atoms with Gasteiger partial charge in [-0.3, -0.25) is 4.90 Å². The van der Waals surface area contributed by atoms with Gasteiger partial charge in [0.05, 0.1) is 14.2 Å². The molecule has 0 aliphatic carbocycles. The second kappa shape index (κ2) is 13.4. The van der Waals surface area contributed by atoms with Gasteiger partial charge in [-0.15, -0.1) is 0 Å². The number of benzene rings is 3. The summed E-state index contributed by atoms with van der Waals surface area (Å²) in [4.78, 5) is 2.38. The number of nitrogens with one attached hydrogen (secondary N) is 1. The lowest BCUT2D eigenvalue weighted by molar-refractivity contribution is 0.293. The van der Waals surface area contributed by atoms with Gasteiger partial charge < -0.3 is 14.8 Å². The summed E-state index contributed by atoms with van der Waals surface area (Å²) in [6, 6.07) is 20.7. The number of hydrogen-bond donors (Lipinski definition) is 1. The molecule has 0 saturated carbocycles. The fourth-order valence-electron chi connectivity index (χ4n) is 4.92. The number of ether oxygens (including phenoxy) is 2. The molecule has 2 heterocycles. The summed E-state index contributed by atoms with van der Waals surface area (Å²) >= 11 is 0. The van der Waals surface area contributed by atoms with Crippen molar-refractivity contribution in [2.75, 3.05) is 40.4 Å². The Morgan fingerprint density at radius 1 is 0.865 bits per heavy atom. The van der Waals surface area contributed by atoms with Gasteiger partial charge in [0.1, 0.15) is 23.1 Å². The molecule has 5 rings (SSSR count). The molecule has 6 heteroatoms. The van der Waals surface area contributed by atoms with E-state index >= 15 is 0 Å². The quantitative estimate of drug-likeness (QED) is 0.418. The zero-order valence-electron chi connectivity index (χ0n) is 21.7. The number of rotatable bonds is 6. The fraction of sp³-hybridized carbons (Fsp3) is 0.355. The van der Waals surface area contributed by atoms with Crippen LogP contribution in [0, 0.1) is 11.6 Å². The molecular weight excluding hydrogens is 470 g/mol. The van der Waals surface area contributed by atoms with Crippen molar-refractivity contribution in [3.05, 3.63) is 101 Å². The van der Waals surface area contributed by atoms with E-state index in [-0.39, 0.29) is 11.6 Å². The van der Waals surface area contributed by atoms with E-state index in [0.717, 1.165) is 63.1 Å². The third-order valence-electron chi connectivity index (χ3n) is 7.05. The molecular formula is C31H36F2N2O2. The Kier molecular flexibility index (Phi) is 9.69. The van der Waals surface area contributed by atoms with E-state index in [1.165, 1.54) is 17.7 Å². The maximum atomic E-state index is 14.1. The Bertz CT molecular complexity index is 1180. The summed E-state index contributed by atoms with van der Waals surface area (Å²) < 4.78 is 37.9. The first-order valence-corrected chi connectivity index (χ1v) is 12.9. The number of halogens is 2. The van der Waals surface area contributed by atoms with E-state index in [9.17, 15) is 8.78 Å². The van der Waals surface area contributed by atoms with Crippen molar-refractivity contribution in [1.29, 1.82) is 0 Å². The molecule has 37 heavy (non-hydrogen) atoms. The Morgan fingerprint density at radius 3 is 2.14 bits per heavy atom. The zero-order valence-corrected chi connectivity index (χ0v) is 21.7. The van der Waals surface area contributed by atoms with Crippen molar-refractivity contribution in [2.45, 2.75) is 31.7 Å². The Balaban J connectivity index is 0.000000186. The molecule has 1 saturated heterocycles. The SMILES string of the molecule is COc1ccc(C2=CCN(Cc3ccccc3)CC2)c(F)c1.COc1ccc(C2CCNCC2)c(F)c1. The molecule has 0 aromatic heterocycles. The highest BCUT2D eigenvalue weighted by Gasteiger charge is 2.19. The molecule has 1 N–H and O–H groups in total. The Morgan fingerprint density at radius 2 is 1.54 bits per heavy atom. The molecule has 0 radical (unpaired) electrons. The van der Waals surface area contributed by atoms with Crippen LogP contribution in [-0.2, 0) is 6.54 Å². The van der Waals surface area contributed by atoms with Gasteiger partial charge in [-0.2, -0.15) is 0 Å². The van der Waals surface area contributed by atoms with Crippen LogP contribution in [0.25, 0.3) is 5.57 Å². The second-order valence-corrected chi connectivity index (χ2v) is 9.46. The number of hydrogen-bond acceptors (Lipinski definition) is 4. The lowest BCUT2D eigenvalue weighted by atomic mass is 9.90. The molecule has 0 atom stereocenters. The first-order chi connectivity index (χ1) is 18.1. The van der Waals surface area contributed by atoms with Gasteiger partial charge in [-0.1, -0.05) is 42.5 Å². The molecule has 0 unspecified atom stereocenters. The second-order valence-electron chi connectivity index (χ2n) is 9.46. The highest BCUT2D eigenvalue weighted by molar-refractivity contribution is 5.67. The highest BCUT2D eigenvalue weighted by Crippen LogP contribution is 2.30. The fourth-order valence-corrected chi connectivity index (χ4v) is 4.92. The Hall–Kier alpha value is -3.22. The number of methoxy groups -OCH3 is 2.